The van der Waals surface area contributed by atoms with Gasteiger partial charge in [-0.2, -0.15) is 0 Å². The molecule has 2 aliphatic heterocycles. The van der Waals surface area contributed by atoms with Crippen LogP contribution >= 0.6 is 0 Å². The lowest BCUT2D eigenvalue weighted by Gasteiger charge is -2.26. The van der Waals surface area contributed by atoms with Crippen molar-refractivity contribution in [3.05, 3.63) is 47.1 Å². The highest BCUT2D eigenvalue weighted by Gasteiger charge is 2.46. The summed E-state index contributed by atoms with van der Waals surface area (Å²) in [4.78, 5) is 36.6. The molecule has 3 aliphatic rings. The predicted molar refractivity (Wildman–Crippen MR) is 92.8 cm³/mol. The van der Waals surface area contributed by atoms with Crippen LogP contribution in [-0.2, 0) is 28.6 Å². The van der Waals surface area contributed by atoms with Gasteiger partial charge in [0.05, 0.1) is 5.92 Å². The topological polar surface area (TPSA) is 78.9 Å². The molecule has 0 aromatic rings. The first-order chi connectivity index (χ1) is 12.3. The highest BCUT2D eigenvalue weighted by molar-refractivity contribution is 5.93. The molecular formula is C20H22O6. The van der Waals surface area contributed by atoms with E-state index < -0.39 is 36.0 Å². The molecule has 6 nitrogen and oxygen atoms in total. The van der Waals surface area contributed by atoms with E-state index >= 15 is 0 Å². The van der Waals surface area contributed by atoms with Crippen LogP contribution in [0.3, 0.4) is 0 Å². The van der Waals surface area contributed by atoms with Gasteiger partial charge in [-0.05, 0) is 32.9 Å². The SMILES string of the molecule is C=C1C(=O)O[C@@H]2/C=C(\C)CC3C=C(C[C@H](OC(=O)/C(C)=C\C)[C@@H]12)C(=O)O3. The van der Waals surface area contributed by atoms with E-state index in [1.165, 1.54) is 0 Å². The van der Waals surface area contributed by atoms with Gasteiger partial charge >= 0.3 is 17.9 Å². The number of allylic oxidation sites excluding steroid dienone is 1. The van der Waals surface area contributed by atoms with Crippen molar-refractivity contribution in [2.75, 3.05) is 0 Å². The monoisotopic (exact) mass is 358 g/mol. The van der Waals surface area contributed by atoms with Gasteiger partial charge < -0.3 is 14.2 Å². The van der Waals surface area contributed by atoms with Gasteiger partial charge in [-0.1, -0.05) is 18.2 Å². The van der Waals surface area contributed by atoms with Crippen LogP contribution < -0.4 is 0 Å². The van der Waals surface area contributed by atoms with Crippen LogP contribution in [0.15, 0.2) is 47.1 Å². The zero-order chi connectivity index (χ0) is 19.0. The molecule has 0 radical (unpaired) electrons. The summed E-state index contributed by atoms with van der Waals surface area (Å²) < 4.78 is 16.5. The number of hydrogen-bond acceptors (Lipinski definition) is 6. The normalized spacial score (nSPS) is 33.5. The summed E-state index contributed by atoms with van der Waals surface area (Å²) in [6, 6.07) is 0. The van der Waals surface area contributed by atoms with E-state index in [0.29, 0.717) is 17.6 Å². The molecule has 2 bridgehead atoms. The first-order valence-corrected chi connectivity index (χ1v) is 8.62. The van der Waals surface area contributed by atoms with E-state index in [2.05, 4.69) is 6.58 Å². The van der Waals surface area contributed by atoms with Crippen LogP contribution in [0.25, 0.3) is 0 Å². The standard InChI is InChI=1S/C20H22O6/c1-5-11(3)18(21)25-16-9-13-8-14(24-20(13)23)6-10(2)7-15-17(16)12(4)19(22)26-15/h5,7-8,14-17H,4,6,9H2,1-3H3/b10-7+,11-5-/t14?,15-,16+,17+/m1/s1. The van der Waals surface area contributed by atoms with E-state index in [9.17, 15) is 14.4 Å². The minimum atomic E-state index is -0.749. The van der Waals surface area contributed by atoms with Crippen molar-refractivity contribution in [3.8, 4) is 0 Å². The van der Waals surface area contributed by atoms with E-state index in [4.69, 9.17) is 14.2 Å². The molecule has 0 aromatic carbocycles. The van der Waals surface area contributed by atoms with Gasteiger partial charge in [-0.25, -0.2) is 14.4 Å². The first-order valence-electron chi connectivity index (χ1n) is 8.62. The summed E-state index contributed by atoms with van der Waals surface area (Å²) in [7, 11) is 0. The van der Waals surface area contributed by atoms with Crippen molar-refractivity contribution in [2.24, 2.45) is 5.92 Å². The molecule has 138 valence electrons. The second-order valence-electron chi connectivity index (χ2n) is 6.89. The van der Waals surface area contributed by atoms with Crippen LogP contribution in [0.1, 0.15) is 33.6 Å². The van der Waals surface area contributed by atoms with Crippen molar-refractivity contribution in [1.29, 1.82) is 0 Å². The number of rotatable bonds is 2. The molecule has 0 spiro atoms. The number of ether oxygens (including phenoxy) is 3. The van der Waals surface area contributed by atoms with Gasteiger partial charge in [-0.3, -0.25) is 0 Å². The molecule has 1 saturated heterocycles. The second kappa shape index (κ2) is 6.94. The van der Waals surface area contributed by atoms with E-state index in [-0.39, 0.29) is 18.1 Å². The molecule has 6 heteroatoms. The third-order valence-electron chi connectivity index (χ3n) is 4.98. The number of carbonyl (C=O) groups is 3. The largest absolute Gasteiger partial charge is 0.458 e. The number of esters is 3. The molecule has 1 fully saturated rings. The van der Waals surface area contributed by atoms with Crippen LogP contribution in [0, 0.1) is 5.92 Å². The molecule has 0 N–H and O–H groups in total. The minimum absolute atomic E-state index is 0.155. The second-order valence-corrected chi connectivity index (χ2v) is 6.89. The zero-order valence-corrected chi connectivity index (χ0v) is 15.1. The van der Waals surface area contributed by atoms with Crippen molar-refractivity contribution in [3.63, 3.8) is 0 Å². The Bertz CT molecular complexity index is 769. The van der Waals surface area contributed by atoms with Crippen LogP contribution in [0.2, 0.25) is 0 Å². The summed E-state index contributed by atoms with van der Waals surface area (Å²) >= 11 is 0. The van der Waals surface area contributed by atoms with Crippen molar-refractivity contribution < 1.29 is 28.6 Å². The fraction of sp³-hybridized carbons (Fsp3) is 0.450. The Hall–Kier alpha value is -2.63. The lowest BCUT2D eigenvalue weighted by atomic mass is 9.85. The summed E-state index contributed by atoms with van der Waals surface area (Å²) in [5.41, 5.74) is 2.07. The fourth-order valence-electron chi connectivity index (χ4n) is 3.44. The lowest BCUT2D eigenvalue weighted by molar-refractivity contribution is -0.148. The van der Waals surface area contributed by atoms with Gasteiger partial charge in [0, 0.05) is 29.6 Å². The van der Waals surface area contributed by atoms with Gasteiger partial charge in [0.2, 0.25) is 0 Å². The van der Waals surface area contributed by atoms with E-state index in [1.807, 2.05) is 13.0 Å². The molecule has 4 atom stereocenters. The maximum atomic E-state index is 12.3. The summed E-state index contributed by atoms with van der Waals surface area (Å²) in [6.07, 6.45) is 4.26. The Morgan fingerprint density at radius 3 is 2.65 bits per heavy atom. The molecule has 1 aliphatic carbocycles. The molecule has 0 amide bonds. The average Bonchev–Trinajstić information content (AvgIpc) is 3.04. The summed E-state index contributed by atoms with van der Waals surface area (Å²) in [5.74, 6) is -1.96. The van der Waals surface area contributed by atoms with Gasteiger partial charge in [0.15, 0.2) is 0 Å². The number of hydrogen-bond donors (Lipinski definition) is 0. The molecule has 0 aromatic heterocycles. The average molecular weight is 358 g/mol. The Balaban J connectivity index is 2.00. The number of carbonyl (C=O) groups excluding carboxylic acids is 3. The highest BCUT2D eigenvalue weighted by Crippen LogP contribution is 2.38. The quantitative estimate of drug-likeness (QED) is 0.327. The van der Waals surface area contributed by atoms with Crippen LogP contribution in [-0.4, -0.2) is 36.2 Å². The molecule has 2 heterocycles. The van der Waals surface area contributed by atoms with Crippen molar-refractivity contribution >= 4 is 17.9 Å². The Morgan fingerprint density at radius 1 is 1.23 bits per heavy atom. The van der Waals surface area contributed by atoms with E-state index in [0.717, 1.165) is 5.57 Å². The molecule has 3 rings (SSSR count). The van der Waals surface area contributed by atoms with Crippen LogP contribution in [0.4, 0.5) is 0 Å². The first kappa shape index (κ1) is 18.2. The Labute approximate surface area is 152 Å². The molecule has 26 heavy (non-hydrogen) atoms. The van der Waals surface area contributed by atoms with Gasteiger partial charge in [0.1, 0.15) is 18.3 Å². The Morgan fingerprint density at radius 2 is 1.96 bits per heavy atom. The van der Waals surface area contributed by atoms with Crippen LogP contribution in [0.5, 0.6) is 0 Å². The third kappa shape index (κ3) is 3.36. The van der Waals surface area contributed by atoms with Crippen molar-refractivity contribution in [1.82, 2.24) is 0 Å². The molecule has 1 unspecified atom stereocenters. The third-order valence-corrected chi connectivity index (χ3v) is 4.98. The zero-order valence-electron chi connectivity index (χ0n) is 15.1. The number of fused-ring (bicyclic) bond motifs is 2. The van der Waals surface area contributed by atoms with Gasteiger partial charge in [-0.15, -0.1) is 0 Å². The smallest absolute Gasteiger partial charge is 0.334 e. The predicted octanol–water partition coefficient (Wildman–Crippen LogP) is 2.55. The Kier molecular flexibility index (Phi) is 4.85. The lowest BCUT2D eigenvalue weighted by Crippen LogP contribution is -2.34. The van der Waals surface area contributed by atoms with Gasteiger partial charge in [0.25, 0.3) is 0 Å². The minimum Gasteiger partial charge on any atom is -0.458 e. The summed E-state index contributed by atoms with van der Waals surface area (Å²) in [6.45, 7) is 9.10. The molecular weight excluding hydrogens is 336 g/mol. The summed E-state index contributed by atoms with van der Waals surface area (Å²) in [5, 5.41) is 0. The molecule has 0 saturated carbocycles. The van der Waals surface area contributed by atoms with E-state index in [1.54, 1.807) is 26.0 Å². The highest BCUT2D eigenvalue weighted by atomic mass is 16.6. The fourth-order valence-corrected chi connectivity index (χ4v) is 3.44. The maximum Gasteiger partial charge on any atom is 0.334 e. The maximum absolute atomic E-state index is 12.3. The van der Waals surface area contributed by atoms with Crippen molar-refractivity contribution in [2.45, 2.75) is 51.9 Å².